The molecule has 4 rings (SSSR count). The van der Waals surface area contributed by atoms with Crippen LogP contribution in [-0.2, 0) is 4.74 Å². The number of aromatic amines is 1. The summed E-state index contributed by atoms with van der Waals surface area (Å²) in [5.41, 5.74) is 0.937. The number of morpholine rings is 1. The molecule has 21 heavy (non-hydrogen) atoms. The zero-order valence-electron chi connectivity index (χ0n) is 12.4. The van der Waals surface area contributed by atoms with Crippen LogP contribution >= 0.6 is 0 Å². The smallest absolute Gasteiger partial charge is 0.251 e. The maximum Gasteiger partial charge on any atom is 0.251 e. The minimum absolute atomic E-state index is 0.0333. The highest BCUT2D eigenvalue weighted by Crippen LogP contribution is 2.33. The number of H-pyrrole nitrogens is 1. The van der Waals surface area contributed by atoms with Gasteiger partial charge >= 0.3 is 0 Å². The lowest BCUT2D eigenvalue weighted by molar-refractivity contribution is -0.0543. The zero-order chi connectivity index (χ0) is 14.2. The molecular formula is C16H23N3O2. The molecule has 5 heteroatoms. The molecule has 1 saturated carbocycles. The van der Waals surface area contributed by atoms with Gasteiger partial charge in [-0.15, -0.1) is 0 Å². The highest BCUT2D eigenvalue weighted by molar-refractivity contribution is 5.12. The Labute approximate surface area is 124 Å². The summed E-state index contributed by atoms with van der Waals surface area (Å²) in [6.07, 6.45) is 7.25. The number of hydrogen-bond acceptors (Lipinski definition) is 4. The number of nitrogens with one attached hydrogen (secondary N) is 1. The van der Waals surface area contributed by atoms with Crippen LogP contribution in [0.5, 0.6) is 0 Å². The number of aromatic nitrogens is 2. The van der Waals surface area contributed by atoms with Gasteiger partial charge in [-0.05, 0) is 32.2 Å². The Kier molecular flexibility index (Phi) is 3.55. The van der Waals surface area contributed by atoms with Gasteiger partial charge in [0.15, 0.2) is 0 Å². The fourth-order valence-electron chi connectivity index (χ4n) is 4.06. The quantitative estimate of drug-likeness (QED) is 0.904. The molecule has 2 aliphatic heterocycles. The van der Waals surface area contributed by atoms with Crippen LogP contribution in [0, 0.1) is 0 Å². The van der Waals surface area contributed by atoms with Crippen LogP contribution in [0.3, 0.4) is 0 Å². The molecule has 2 atom stereocenters. The Morgan fingerprint density at radius 2 is 2.10 bits per heavy atom. The van der Waals surface area contributed by atoms with Crippen molar-refractivity contribution < 1.29 is 4.74 Å². The summed E-state index contributed by atoms with van der Waals surface area (Å²) >= 11 is 0. The number of rotatable bonds is 2. The van der Waals surface area contributed by atoms with Gasteiger partial charge < -0.3 is 9.72 Å². The lowest BCUT2D eigenvalue weighted by atomic mass is 10.0. The molecule has 1 aliphatic carbocycles. The van der Waals surface area contributed by atoms with E-state index in [4.69, 9.17) is 9.72 Å². The minimum Gasteiger partial charge on any atom is -0.367 e. The van der Waals surface area contributed by atoms with E-state index in [1.807, 2.05) is 0 Å². The molecule has 0 aromatic carbocycles. The summed E-state index contributed by atoms with van der Waals surface area (Å²) in [5.74, 6) is 1.20. The van der Waals surface area contributed by atoms with Crippen molar-refractivity contribution in [1.82, 2.24) is 14.9 Å². The fourth-order valence-corrected chi connectivity index (χ4v) is 4.06. The third-order valence-electron chi connectivity index (χ3n) is 5.25. The number of nitrogens with zero attached hydrogens (tertiary/aromatic N) is 2. The standard InChI is InChI=1S/C16H23N3O2/c20-15-8-13(11-4-1-2-5-11)17-16(18-15)14-9-19-7-3-6-12(19)10-21-14/h8,11-12,14H,1-7,9-10H2,(H,17,18,20). The van der Waals surface area contributed by atoms with E-state index in [1.54, 1.807) is 6.07 Å². The van der Waals surface area contributed by atoms with Crippen LogP contribution < -0.4 is 5.56 Å². The van der Waals surface area contributed by atoms with Crippen molar-refractivity contribution in [3.05, 3.63) is 27.9 Å². The molecule has 2 saturated heterocycles. The van der Waals surface area contributed by atoms with Crippen LogP contribution in [0.25, 0.3) is 0 Å². The summed E-state index contributed by atoms with van der Waals surface area (Å²) < 4.78 is 5.98. The van der Waals surface area contributed by atoms with Gasteiger partial charge in [-0.2, -0.15) is 0 Å². The van der Waals surface area contributed by atoms with Crippen molar-refractivity contribution in [2.24, 2.45) is 0 Å². The SMILES string of the molecule is O=c1cc(C2CCCC2)nc(C2CN3CCCC3CO2)[nH]1. The van der Waals surface area contributed by atoms with E-state index in [9.17, 15) is 4.79 Å². The lowest BCUT2D eigenvalue weighted by Crippen LogP contribution is -2.43. The van der Waals surface area contributed by atoms with Crippen molar-refractivity contribution in [2.75, 3.05) is 19.7 Å². The van der Waals surface area contributed by atoms with Gasteiger partial charge in [-0.3, -0.25) is 9.69 Å². The molecule has 2 unspecified atom stereocenters. The number of ether oxygens (including phenoxy) is 1. The van der Waals surface area contributed by atoms with E-state index in [0.29, 0.717) is 12.0 Å². The molecule has 3 heterocycles. The first-order valence-corrected chi connectivity index (χ1v) is 8.26. The summed E-state index contributed by atoms with van der Waals surface area (Å²) in [6, 6.07) is 2.26. The second kappa shape index (κ2) is 5.54. The molecule has 1 N–H and O–H groups in total. The highest BCUT2D eigenvalue weighted by Gasteiger charge is 2.34. The van der Waals surface area contributed by atoms with Crippen molar-refractivity contribution in [2.45, 2.75) is 56.6 Å². The Bertz CT molecular complexity index is 565. The molecule has 0 radical (unpaired) electrons. The van der Waals surface area contributed by atoms with Gasteiger partial charge in [0.25, 0.3) is 5.56 Å². The monoisotopic (exact) mass is 289 g/mol. The molecule has 3 fully saturated rings. The molecule has 1 aromatic rings. The first kappa shape index (κ1) is 13.5. The van der Waals surface area contributed by atoms with Crippen LogP contribution in [0.15, 0.2) is 10.9 Å². The lowest BCUT2D eigenvalue weighted by Gasteiger charge is -2.34. The fraction of sp³-hybridized carbons (Fsp3) is 0.750. The largest absolute Gasteiger partial charge is 0.367 e. The van der Waals surface area contributed by atoms with E-state index < -0.39 is 0 Å². The minimum atomic E-state index is -0.0756. The molecule has 0 bridgehead atoms. The highest BCUT2D eigenvalue weighted by atomic mass is 16.5. The zero-order valence-corrected chi connectivity index (χ0v) is 12.4. The molecule has 114 valence electrons. The molecule has 0 amide bonds. The first-order valence-electron chi connectivity index (χ1n) is 8.26. The average molecular weight is 289 g/mol. The Morgan fingerprint density at radius 1 is 1.24 bits per heavy atom. The normalized spacial score (nSPS) is 30.7. The third kappa shape index (κ3) is 2.64. The maximum absolute atomic E-state index is 12.0. The van der Waals surface area contributed by atoms with E-state index in [2.05, 4.69) is 9.88 Å². The predicted molar refractivity (Wildman–Crippen MR) is 79.4 cm³/mol. The van der Waals surface area contributed by atoms with Crippen LogP contribution in [0.4, 0.5) is 0 Å². The number of fused-ring (bicyclic) bond motifs is 1. The Balaban J connectivity index is 1.58. The summed E-state index contributed by atoms with van der Waals surface area (Å²) in [4.78, 5) is 22.1. The van der Waals surface area contributed by atoms with E-state index in [-0.39, 0.29) is 11.7 Å². The van der Waals surface area contributed by atoms with Gasteiger partial charge in [0.05, 0.1) is 12.3 Å². The Morgan fingerprint density at radius 3 is 2.95 bits per heavy atom. The van der Waals surface area contributed by atoms with Crippen LogP contribution in [0.1, 0.15) is 62.1 Å². The molecular weight excluding hydrogens is 266 g/mol. The first-order chi connectivity index (χ1) is 10.3. The third-order valence-corrected chi connectivity index (χ3v) is 5.25. The van der Waals surface area contributed by atoms with Crippen molar-refractivity contribution in [1.29, 1.82) is 0 Å². The van der Waals surface area contributed by atoms with Gasteiger partial charge in [0, 0.05) is 24.6 Å². The van der Waals surface area contributed by atoms with E-state index in [0.717, 1.165) is 44.1 Å². The van der Waals surface area contributed by atoms with E-state index in [1.165, 1.54) is 25.7 Å². The van der Waals surface area contributed by atoms with Crippen LogP contribution in [0.2, 0.25) is 0 Å². The van der Waals surface area contributed by atoms with Gasteiger partial charge in [-0.1, -0.05) is 12.8 Å². The van der Waals surface area contributed by atoms with Gasteiger partial charge in [0.2, 0.25) is 0 Å². The molecule has 1 aromatic heterocycles. The maximum atomic E-state index is 12.0. The summed E-state index contributed by atoms with van der Waals surface area (Å²) in [5, 5.41) is 0. The number of hydrogen-bond donors (Lipinski definition) is 1. The topological polar surface area (TPSA) is 58.2 Å². The average Bonchev–Trinajstić information content (AvgIpc) is 3.17. The molecule has 0 spiro atoms. The summed E-state index contributed by atoms with van der Waals surface area (Å²) in [7, 11) is 0. The van der Waals surface area contributed by atoms with E-state index >= 15 is 0 Å². The molecule has 5 nitrogen and oxygen atoms in total. The predicted octanol–water partition coefficient (Wildman–Crippen LogP) is 1.96. The van der Waals surface area contributed by atoms with Crippen molar-refractivity contribution in [3.63, 3.8) is 0 Å². The molecule has 3 aliphatic rings. The van der Waals surface area contributed by atoms with Gasteiger partial charge in [0.1, 0.15) is 11.9 Å². The van der Waals surface area contributed by atoms with Crippen LogP contribution in [-0.4, -0.2) is 40.6 Å². The Hall–Kier alpha value is -1.20. The summed E-state index contributed by atoms with van der Waals surface area (Å²) in [6.45, 7) is 2.78. The second-order valence-corrected chi connectivity index (χ2v) is 6.65. The van der Waals surface area contributed by atoms with Crippen molar-refractivity contribution >= 4 is 0 Å². The van der Waals surface area contributed by atoms with Gasteiger partial charge in [-0.25, -0.2) is 4.98 Å². The van der Waals surface area contributed by atoms with Crippen molar-refractivity contribution in [3.8, 4) is 0 Å². The second-order valence-electron chi connectivity index (χ2n) is 6.65.